The normalized spacial score (nSPS) is 16.8. The average Bonchev–Trinajstić information content (AvgIpc) is 3.01. The van der Waals surface area contributed by atoms with Crippen molar-refractivity contribution in [3.8, 4) is 11.4 Å². The molecular formula is C33H36ClN5O4S. The van der Waals surface area contributed by atoms with Gasteiger partial charge in [-0.3, -0.25) is 9.69 Å². The van der Waals surface area contributed by atoms with Crippen LogP contribution in [-0.2, 0) is 10.0 Å². The first-order valence-corrected chi connectivity index (χ1v) is 16.7. The number of likely N-dealkylation sites (tertiary alicyclic amines) is 1. The predicted molar refractivity (Wildman–Crippen MR) is 173 cm³/mol. The van der Waals surface area contributed by atoms with E-state index in [-0.39, 0.29) is 23.5 Å². The number of rotatable bonds is 9. The molecule has 2 aliphatic rings. The van der Waals surface area contributed by atoms with Crippen molar-refractivity contribution in [2.24, 2.45) is 0 Å². The van der Waals surface area contributed by atoms with Crippen molar-refractivity contribution < 1.29 is 13.2 Å². The first kappa shape index (κ1) is 30.3. The van der Waals surface area contributed by atoms with Crippen molar-refractivity contribution in [1.29, 1.82) is 0 Å². The molecule has 0 bridgehead atoms. The summed E-state index contributed by atoms with van der Waals surface area (Å²) in [6.07, 6.45) is 1.42. The van der Waals surface area contributed by atoms with Gasteiger partial charge in [-0.15, -0.1) is 0 Å². The summed E-state index contributed by atoms with van der Waals surface area (Å²) >= 11 is 6.23. The molecule has 0 spiro atoms. The van der Waals surface area contributed by atoms with Crippen LogP contribution in [-0.4, -0.2) is 78.0 Å². The lowest BCUT2D eigenvalue weighted by molar-refractivity contribution is -0.000526. The highest BCUT2D eigenvalue weighted by molar-refractivity contribution is 7.89. The van der Waals surface area contributed by atoms with E-state index in [0.29, 0.717) is 55.7 Å². The zero-order valence-corrected chi connectivity index (χ0v) is 26.4. The molecule has 0 radical (unpaired) electrons. The second-order valence-electron chi connectivity index (χ2n) is 11.5. The molecule has 0 unspecified atom stereocenters. The minimum Gasteiger partial charge on any atom is -0.480 e. The van der Waals surface area contributed by atoms with Gasteiger partial charge in [0.15, 0.2) is 0 Å². The van der Waals surface area contributed by atoms with Gasteiger partial charge in [-0.2, -0.15) is 14.1 Å². The number of benzene rings is 3. The van der Waals surface area contributed by atoms with Crippen LogP contribution < -0.4 is 15.2 Å². The molecule has 230 valence electrons. The van der Waals surface area contributed by atoms with E-state index in [2.05, 4.69) is 34.3 Å². The van der Waals surface area contributed by atoms with Gasteiger partial charge in [0.1, 0.15) is 11.8 Å². The van der Waals surface area contributed by atoms with Crippen molar-refractivity contribution in [3.63, 3.8) is 0 Å². The van der Waals surface area contributed by atoms with E-state index in [4.69, 9.17) is 16.3 Å². The van der Waals surface area contributed by atoms with E-state index < -0.39 is 15.3 Å². The molecule has 2 saturated heterocycles. The summed E-state index contributed by atoms with van der Waals surface area (Å²) in [5.41, 5.74) is 3.10. The minimum atomic E-state index is -3.37. The third-order valence-corrected chi connectivity index (χ3v) is 10.8. The first-order chi connectivity index (χ1) is 21.2. The molecule has 9 nitrogen and oxygen atoms in total. The molecule has 11 heteroatoms. The van der Waals surface area contributed by atoms with Gasteiger partial charge >= 0.3 is 5.56 Å². The van der Waals surface area contributed by atoms with Gasteiger partial charge in [-0.05, 0) is 43.2 Å². The second-order valence-corrected chi connectivity index (χ2v) is 14.4. The number of ether oxygens (including phenoxy) is 1. The molecule has 2 fully saturated rings. The van der Waals surface area contributed by atoms with Crippen LogP contribution in [0.3, 0.4) is 0 Å². The Morgan fingerprint density at radius 2 is 1.48 bits per heavy atom. The van der Waals surface area contributed by atoms with Crippen LogP contribution in [0.4, 0.5) is 5.69 Å². The van der Waals surface area contributed by atoms with E-state index in [1.165, 1.54) is 20.1 Å². The highest BCUT2D eigenvalue weighted by Gasteiger charge is 2.37. The Morgan fingerprint density at radius 3 is 2.05 bits per heavy atom. The Labute approximate surface area is 263 Å². The standard InChI is InChI=1S/C33H36ClN5O4S/c1-24(2)44(41,42)38-18-16-36(17-19-38)30-21-35-39(28-15-9-14-27(34)20-28)33(40)32(30)43-29-22-37(23-29)31(25-10-5-3-6-11-25)26-12-7-4-8-13-26/h3-15,20-21,24,29,31H,16-19,22-23H2,1-2H3. The lowest BCUT2D eigenvalue weighted by Crippen LogP contribution is -2.56. The van der Waals surface area contributed by atoms with Crippen LogP contribution in [0.2, 0.25) is 5.02 Å². The molecule has 0 aliphatic carbocycles. The number of nitrogens with zero attached hydrogens (tertiary/aromatic N) is 5. The molecule has 6 rings (SSSR count). The van der Waals surface area contributed by atoms with Crippen LogP contribution in [0, 0.1) is 0 Å². The Morgan fingerprint density at radius 1 is 0.864 bits per heavy atom. The highest BCUT2D eigenvalue weighted by Crippen LogP contribution is 2.35. The van der Waals surface area contributed by atoms with Crippen LogP contribution >= 0.6 is 11.6 Å². The fourth-order valence-electron chi connectivity index (χ4n) is 5.85. The molecule has 1 aromatic heterocycles. The summed E-state index contributed by atoms with van der Waals surface area (Å²) in [7, 11) is -3.37. The fraction of sp³-hybridized carbons (Fsp3) is 0.333. The molecule has 3 heterocycles. The van der Waals surface area contributed by atoms with Gasteiger partial charge in [0.05, 0.1) is 23.2 Å². The molecular weight excluding hydrogens is 598 g/mol. The first-order valence-electron chi connectivity index (χ1n) is 14.8. The molecule has 2 aliphatic heterocycles. The van der Waals surface area contributed by atoms with Gasteiger partial charge < -0.3 is 9.64 Å². The zero-order valence-electron chi connectivity index (χ0n) is 24.8. The molecule has 0 saturated carbocycles. The summed E-state index contributed by atoms with van der Waals surface area (Å²) in [6.45, 7) is 6.14. The maximum atomic E-state index is 14.0. The fourth-order valence-corrected chi connectivity index (χ4v) is 7.30. The lowest BCUT2D eigenvalue weighted by atomic mass is 9.94. The van der Waals surface area contributed by atoms with Crippen LogP contribution in [0.1, 0.15) is 31.0 Å². The Bertz CT molecular complexity index is 1710. The lowest BCUT2D eigenvalue weighted by Gasteiger charge is -2.44. The van der Waals surface area contributed by atoms with E-state index in [0.717, 1.165) is 0 Å². The van der Waals surface area contributed by atoms with Crippen LogP contribution in [0.15, 0.2) is 95.9 Å². The maximum absolute atomic E-state index is 14.0. The maximum Gasteiger partial charge on any atom is 0.316 e. The zero-order chi connectivity index (χ0) is 30.8. The molecule has 0 amide bonds. The van der Waals surface area contributed by atoms with Crippen molar-refractivity contribution >= 4 is 27.3 Å². The van der Waals surface area contributed by atoms with E-state index in [1.807, 2.05) is 41.3 Å². The quantitative estimate of drug-likeness (QED) is 0.266. The van der Waals surface area contributed by atoms with Crippen molar-refractivity contribution in [2.45, 2.75) is 31.2 Å². The number of aromatic nitrogens is 2. The van der Waals surface area contributed by atoms with Gasteiger partial charge in [-0.1, -0.05) is 78.3 Å². The minimum absolute atomic E-state index is 0.0632. The smallest absolute Gasteiger partial charge is 0.316 e. The monoisotopic (exact) mass is 633 g/mol. The Balaban J connectivity index is 1.27. The number of halogens is 1. The Hall–Kier alpha value is -3.70. The number of hydrogen-bond acceptors (Lipinski definition) is 7. The summed E-state index contributed by atoms with van der Waals surface area (Å²) in [4.78, 5) is 18.3. The third kappa shape index (κ3) is 6.12. The number of sulfonamides is 1. The number of piperazine rings is 1. The highest BCUT2D eigenvalue weighted by atomic mass is 35.5. The second kappa shape index (κ2) is 12.7. The van der Waals surface area contributed by atoms with Gasteiger partial charge in [0.2, 0.25) is 15.8 Å². The van der Waals surface area contributed by atoms with E-state index >= 15 is 0 Å². The van der Waals surface area contributed by atoms with Crippen molar-refractivity contribution in [3.05, 3.63) is 118 Å². The summed E-state index contributed by atoms with van der Waals surface area (Å²) in [5, 5.41) is 4.48. The Kier molecular flexibility index (Phi) is 8.77. The van der Waals surface area contributed by atoms with Crippen molar-refractivity contribution in [1.82, 2.24) is 19.0 Å². The molecule has 0 N–H and O–H groups in total. The van der Waals surface area contributed by atoms with Gasteiger partial charge in [0.25, 0.3) is 0 Å². The van der Waals surface area contributed by atoms with E-state index in [9.17, 15) is 13.2 Å². The number of anilines is 1. The van der Waals surface area contributed by atoms with E-state index in [1.54, 1.807) is 44.3 Å². The van der Waals surface area contributed by atoms with Crippen LogP contribution in [0.5, 0.6) is 5.75 Å². The largest absolute Gasteiger partial charge is 0.480 e. The topological polar surface area (TPSA) is 88.0 Å². The predicted octanol–water partition coefficient (Wildman–Crippen LogP) is 4.60. The molecule has 3 aromatic carbocycles. The summed E-state index contributed by atoms with van der Waals surface area (Å²) in [6, 6.07) is 27.8. The summed E-state index contributed by atoms with van der Waals surface area (Å²) < 4.78 is 34.9. The molecule has 4 aromatic rings. The summed E-state index contributed by atoms with van der Waals surface area (Å²) in [5.74, 6) is 0.209. The SMILES string of the molecule is CC(C)S(=O)(=O)N1CCN(c2cnn(-c3cccc(Cl)c3)c(=O)c2OC2CN(C(c3ccccc3)c3ccccc3)C2)CC1. The average molecular weight is 634 g/mol. The van der Waals surface area contributed by atoms with Gasteiger partial charge in [0, 0.05) is 44.3 Å². The van der Waals surface area contributed by atoms with Gasteiger partial charge in [-0.25, -0.2) is 8.42 Å². The van der Waals surface area contributed by atoms with Crippen LogP contribution in [0.25, 0.3) is 5.69 Å². The molecule has 44 heavy (non-hydrogen) atoms. The third-order valence-electron chi connectivity index (χ3n) is 8.26. The molecule has 0 atom stereocenters. The van der Waals surface area contributed by atoms with Crippen molar-refractivity contribution in [2.75, 3.05) is 44.2 Å². The number of hydrogen-bond donors (Lipinski definition) is 0.